The van der Waals surface area contributed by atoms with Gasteiger partial charge in [-0.3, -0.25) is 14.2 Å². The average molecular weight is 432 g/mol. The minimum absolute atomic E-state index is 0.117. The van der Waals surface area contributed by atoms with E-state index >= 15 is 0 Å². The fraction of sp³-hybridized carbons (Fsp3) is 0.217. The van der Waals surface area contributed by atoms with Gasteiger partial charge in [0.25, 0.3) is 11.4 Å². The Bertz CT molecular complexity index is 1370. The number of hydrogen-bond acceptors (Lipinski definition) is 7. The molecule has 1 aliphatic heterocycles. The highest BCUT2D eigenvalue weighted by atomic mass is 16.7. The lowest BCUT2D eigenvalue weighted by Gasteiger charge is -2.12. The van der Waals surface area contributed by atoms with Crippen LogP contribution in [0.2, 0.25) is 0 Å². The van der Waals surface area contributed by atoms with E-state index in [1.807, 2.05) is 43.3 Å². The second-order valence-corrected chi connectivity index (χ2v) is 7.33. The number of aryl methyl sites for hydroxylation is 1. The summed E-state index contributed by atoms with van der Waals surface area (Å²) in [5, 5.41) is 7.52. The van der Waals surface area contributed by atoms with Gasteiger partial charge < -0.3 is 19.3 Å². The van der Waals surface area contributed by atoms with Crippen LogP contribution in [0.25, 0.3) is 22.4 Å². The number of carbonyl (C=O) groups is 1. The molecule has 9 nitrogen and oxygen atoms in total. The normalized spacial score (nSPS) is 12.3. The summed E-state index contributed by atoms with van der Waals surface area (Å²) in [7, 11) is 0. The number of aromatic nitrogens is 3. The van der Waals surface area contributed by atoms with Gasteiger partial charge in [-0.25, -0.2) is 0 Å². The van der Waals surface area contributed by atoms with Crippen molar-refractivity contribution in [3.8, 4) is 23.0 Å². The number of benzene rings is 2. The molecule has 0 bridgehead atoms. The zero-order valence-corrected chi connectivity index (χ0v) is 17.3. The second-order valence-electron chi connectivity index (χ2n) is 7.33. The molecule has 0 saturated heterocycles. The monoisotopic (exact) mass is 432 g/mol. The molecule has 2 aromatic heterocycles. The molecule has 4 aromatic rings. The van der Waals surface area contributed by atoms with Gasteiger partial charge in [0.05, 0.1) is 11.1 Å². The van der Waals surface area contributed by atoms with Crippen molar-refractivity contribution in [2.24, 2.45) is 0 Å². The van der Waals surface area contributed by atoms with E-state index in [-0.39, 0.29) is 30.7 Å². The maximum Gasteiger partial charge on any atom is 0.258 e. The fourth-order valence-electron chi connectivity index (χ4n) is 3.63. The van der Waals surface area contributed by atoms with Gasteiger partial charge in [-0.15, -0.1) is 0 Å². The van der Waals surface area contributed by atoms with Crippen molar-refractivity contribution >= 4 is 16.8 Å². The lowest BCUT2D eigenvalue weighted by molar-refractivity contribution is -0.121. The van der Waals surface area contributed by atoms with Gasteiger partial charge in [0.15, 0.2) is 17.3 Å². The first-order chi connectivity index (χ1) is 15.6. The molecule has 1 N–H and O–H groups in total. The smallest absolute Gasteiger partial charge is 0.258 e. The quantitative estimate of drug-likeness (QED) is 0.499. The van der Waals surface area contributed by atoms with E-state index in [2.05, 4.69) is 15.5 Å². The van der Waals surface area contributed by atoms with Crippen molar-refractivity contribution in [2.75, 3.05) is 6.79 Å². The number of fused-ring (bicyclic) bond motifs is 2. The zero-order chi connectivity index (χ0) is 22.1. The Balaban J connectivity index is 1.39. The van der Waals surface area contributed by atoms with Gasteiger partial charge in [-0.05, 0) is 23.8 Å². The van der Waals surface area contributed by atoms with Crippen LogP contribution in [0.3, 0.4) is 0 Å². The van der Waals surface area contributed by atoms with E-state index in [0.717, 1.165) is 10.9 Å². The van der Waals surface area contributed by atoms with Gasteiger partial charge in [0.1, 0.15) is 6.54 Å². The Morgan fingerprint density at radius 3 is 2.81 bits per heavy atom. The Kier molecular flexibility index (Phi) is 5.06. The maximum absolute atomic E-state index is 12.9. The Morgan fingerprint density at radius 1 is 1.12 bits per heavy atom. The highest BCUT2D eigenvalue weighted by Gasteiger charge is 2.17. The first kappa shape index (κ1) is 19.8. The molecule has 0 aliphatic carbocycles. The summed E-state index contributed by atoms with van der Waals surface area (Å²) in [6.07, 6.45) is 0.627. The van der Waals surface area contributed by atoms with Crippen molar-refractivity contribution in [3.63, 3.8) is 0 Å². The molecular formula is C23H20N4O5. The van der Waals surface area contributed by atoms with E-state index in [0.29, 0.717) is 41.4 Å². The molecule has 162 valence electrons. The Hall–Kier alpha value is -4.14. The molecule has 0 unspecified atom stereocenters. The first-order valence-electron chi connectivity index (χ1n) is 10.2. The number of nitrogens with zero attached hydrogens (tertiary/aromatic N) is 3. The van der Waals surface area contributed by atoms with Crippen LogP contribution in [-0.2, 0) is 24.3 Å². The number of rotatable bonds is 6. The molecule has 1 aliphatic rings. The molecule has 9 heteroatoms. The van der Waals surface area contributed by atoms with Gasteiger partial charge in [-0.1, -0.05) is 36.3 Å². The highest BCUT2D eigenvalue weighted by molar-refractivity contribution is 5.93. The SMILES string of the molecule is CCc1noc(-c2cc(=O)n(CC(=O)NCc3ccc4c(c3)OCO4)c3ccccc23)n1. The number of para-hydroxylation sites is 1. The first-order valence-corrected chi connectivity index (χ1v) is 10.2. The molecule has 3 heterocycles. The topological polar surface area (TPSA) is 108 Å². The Labute approximate surface area is 182 Å². The molecule has 0 spiro atoms. The molecule has 2 aromatic carbocycles. The van der Waals surface area contributed by atoms with Gasteiger partial charge in [0, 0.05) is 24.4 Å². The average Bonchev–Trinajstić information content (AvgIpc) is 3.48. The van der Waals surface area contributed by atoms with Crippen molar-refractivity contribution in [3.05, 3.63) is 70.3 Å². The van der Waals surface area contributed by atoms with E-state index in [4.69, 9.17) is 14.0 Å². The standard InChI is InChI=1S/C23H20N4O5/c1-2-20-25-23(32-26-20)16-10-22(29)27(17-6-4-3-5-15(16)17)12-21(28)24-11-14-7-8-18-19(9-14)31-13-30-18/h3-10H,2,11-13H2,1H3,(H,24,28). The number of amides is 1. The van der Waals surface area contributed by atoms with Crippen LogP contribution >= 0.6 is 0 Å². The van der Waals surface area contributed by atoms with Crippen LogP contribution in [0.5, 0.6) is 11.5 Å². The van der Waals surface area contributed by atoms with E-state index in [1.165, 1.54) is 10.6 Å². The summed E-state index contributed by atoms with van der Waals surface area (Å²) in [4.78, 5) is 29.9. The third kappa shape index (κ3) is 3.68. The third-order valence-electron chi connectivity index (χ3n) is 5.26. The highest BCUT2D eigenvalue weighted by Crippen LogP contribution is 2.32. The van der Waals surface area contributed by atoms with Crippen LogP contribution in [0.15, 0.2) is 57.8 Å². The predicted octanol–water partition coefficient (Wildman–Crippen LogP) is 2.66. The molecular weight excluding hydrogens is 412 g/mol. The third-order valence-corrected chi connectivity index (χ3v) is 5.26. The lowest BCUT2D eigenvalue weighted by Crippen LogP contribution is -2.32. The van der Waals surface area contributed by atoms with Crippen molar-refractivity contribution in [1.82, 2.24) is 20.0 Å². The van der Waals surface area contributed by atoms with E-state index in [1.54, 1.807) is 6.07 Å². The summed E-state index contributed by atoms with van der Waals surface area (Å²) in [6, 6.07) is 14.3. The number of carbonyl (C=O) groups excluding carboxylic acids is 1. The summed E-state index contributed by atoms with van der Waals surface area (Å²) in [5.41, 5.74) is 1.71. The lowest BCUT2D eigenvalue weighted by atomic mass is 10.1. The summed E-state index contributed by atoms with van der Waals surface area (Å²) in [5.74, 6) is 1.91. The second kappa shape index (κ2) is 8.18. The molecule has 0 fully saturated rings. The van der Waals surface area contributed by atoms with E-state index in [9.17, 15) is 9.59 Å². The zero-order valence-electron chi connectivity index (χ0n) is 17.3. The number of hydrogen-bond donors (Lipinski definition) is 1. The molecule has 5 rings (SSSR count). The van der Waals surface area contributed by atoms with Gasteiger partial charge in [0.2, 0.25) is 12.7 Å². The predicted molar refractivity (Wildman–Crippen MR) is 115 cm³/mol. The van der Waals surface area contributed by atoms with Gasteiger partial charge >= 0.3 is 0 Å². The summed E-state index contributed by atoms with van der Waals surface area (Å²) < 4.78 is 17.4. The minimum Gasteiger partial charge on any atom is -0.454 e. The van der Waals surface area contributed by atoms with E-state index < -0.39 is 0 Å². The molecule has 1 amide bonds. The van der Waals surface area contributed by atoms with Crippen LogP contribution in [0.1, 0.15) is 18.3 Å². The van der Waals surface area contributed by atoms with Crippen molar-refractivity contribution < 1.29 is 18.8 Å². The number of nitrogens with one attached hydrogen (secondary N) is 1. The van der Waals surface area contributed by atoms with Crippen LogP contribution in [0.4, 0.5) is 0 Å². The summed E-state index contributed by atoms with van der Waals surface area (Å²) in [6.45, 7) is 2.31. The molecule has 32 heavy (non-hydrogen) atoms. The fourth-order valence-corrected chi connectivity index (χ4v) is 3.63. The molecule has 0 radical (unpaired) electrons. The largest absolute Gasteiger partial charge is 0.454 e. The van der Waals surface area contributed by atoms with Crippen molar-refractivity contribution in [2.45, 2.75) is 26.4 Å². The van der Waals surface area contributed by atoms with Gasteiger partial charge in [-0.2, -0.15) is 4.98 Å². The maximum atomic E-state index is 12.9. The minimum atomic E-state index is -0.326. The number of pyridine rings is 1. The van der Waals surface area contributed by atoms with Crippen LogP contribution in [-0.4, -0.2) is 27.4 Å². The molecule has 0 atom stereocenters. The summed E-state index contributed by atoms with van der Waals surface area (Å²) >= 11 is 0. The number of ether oxygens (including phenoxy) is 2. The molecule has 0 saturated carbocycles. The Morgan fingerprint density at radius 2 is 1.97 bits per heavy atom. The van der Waals surface area contributed by atoms with Crippen molar-refractivity contribution in [1.29, 1.82) is 0 Å². The van der Waals surface area contributed by atoms with Crippen LogP contribution in [0, 0.1) is 0 Å². The van der Waals surface area contributed by atoms with Crippen LogP contribution < -0.4 is 20.3 Å².